The lowest BCUT2D eigenvalue weighted by molar-refractivity contribution is 0.194. The van der Waals surface area contributed by atoms with Gasteiger partial charge in [-0.25, -0.2) is 9.59 Å². The lowest BCUT2D eigenvalue weighted by Gasteiger charge is -2.39. The van der Waals surface area contributed by atoms with Crippen LogP contribution in [-0.2, 0) is 13.1 Å². The fourth-order valence-electron chi connectivity index (χ4n) is 3.63. The molecule has 0 radical (unpaired) electrons. The summed E-state index contributed by atoms with van der Waals surface area (Å²) in [7, 11) is 0. The van der Waals surface area contributed by atoms with E-state index < -0.39 is 0 Å². The van der Waals surface area contributed by atoms with Crippen molar-refractivity contribution in [2.75, 3.05) is 11.4 Å². The highest BCUT2D eigenvalue weighted by molar-refractivity contribution is 5.95. The number of imidazole rings is 1. The first-order valence-electron chi connectivity index (χ1n) is 8.90. The minimum atomic E-state index is -0.142. The van der Waals surface area contributed by atoms with Gasteiger partial charge in [-0.2, -0.15) is 0 Å². The highest BCUT2D eigenvalue weighted by atomic mass is 16.2. The lowest BCUT2D eigenvalue weighted by Crippen LogP contribution is -2.51. The summed E-state index contributed by atoms with van der Waals surface area (Å²) < 4.78 is 1.70. The van der Waals surface area contributed by atoms with Crippen molar-refractivity contribution in [3.05, 3.63) is 64.6 Å². The molecule has 6 nitrogen and oxygen atoms in total. The van der Waals surface area contributed by atoms with Gasteiger partial charge >= 0.3 is 11.7 Å². The number of para-hydroxylation sites is 3. The van der Waals surface area contributed by atoms with Gasteiger partial charge < -0.3 is 9.88 Å². The molecule has 6 heteroatoms. The lowest BCUT2D eigenvalue weighted by atomic mass is 10.1. The van der Waals surface area contributed by atoms with Crippen LogP contribution in [0.25, 0.3) is 11.0 Å². The number of aromatic amines is 1. The van der Waals surface area contributed by atoms with Gasteiger partial charge in [-0.15, -0.1) is 0 Å². The molecule has 0 saturated heterocycles. The molecule has 3 aromatic rings. The molecule has 1 aliphatic heterocycles. The summed E-state index contributed by atoms with van der Waals surface area (Å²) in [4.78, 5) is 31.8. The SMILES string of the molecule is CC(C)N1C(=O)N(CCn2c(=O)[nH]c3ccccc32)Cc2ccccc21. The molecular formula is C20H22N4O2. The van der Waals surface area contributed by atoms with Crippen LogP contribution < -0.4 is 10.6 Å². The van der Waals surface area contributed by atoms with E-state index in [-0.39, 0.29) is 17.8 Å². The van der Waals surface area contributed by atoms with Crippen molar-refractivity contribution in [1.29, 1.82) is 0 Å². The molecule has 0 fully saturated rings. The zero-order valence-corrected chi connectivity index (χ0v) is 15.0. The number of nitrogens with zero attached hydrogens (tertiary/aromatic N) is 3. The largest absolute Gasteiger partial charge is 0.326 e. The number of urea groups is 1. The molecule has 2 amide bonds. The van der Waals surface area contributed by atoms with Crippen LogP contribution in [0.5, 0.6) is 0 Å². The van der Waals surface area contributed by atoms with Crippen molar-refractivity contribution in [3.8, 4) is 0 Å². The molecule has 0 aliphatic carbocycles. The highest BCUT2D eigenvalue weighted by Gasteiger charge is 2.31. The first kappa shape index (κ1) is 16.4. The predicted octanol–water partition coefficient (Wildman–Crippen LogP) is 3.18. The molecule has 0 atom stereocenters. The number of benzene rings is 2. The van der Waals surface area contributed by atoms with Gasteiger partial charge in [-0.3, -0.25) is 9.47 Å². The number of fused-ring (bicyclic) bond motifs is 2. The highest BCUT2D eigenvalue weighted by Crippen LogP contribution is 2.30. The third-order valence-corrected chi connectivity index (χ3v) is 4.88. The van der Waals surface area contributed by atoms with E-state index in [1.165, 1.54) is 0 Å². The van der Waals surface area contributed by atoms with Crippen molar-refractivity contribution in [1.82, 2.24) is 14.5 Å². The zero-order chi connectivity index (χ0) is 18.3. The van der Waals surface area contributed by atoms with Crippen LogP contribution in [0.2, 0.25) is 0 Å². The summed E-state index contributed by atoms with van der Waals surface area (Å²) in [6.07, 6.45) is 0. The Hall–Kier alpha value is -3.02. The average Bonchev–Trinajstić information content (AvgIpc) is 2.94. The van der Waals surface area contributed by atoms with Gasteiger partial charge in [0.15, 0.2) is 0 Å². The number of carbonyl (C=O) groups is 1. The topological polar surface area (TPSA) is 61.3 Å². The number of hydrogen-bond donors (Lipinski definition) is 1. The number of nitrogens with one attached hydrogen (secondary N) is 1. The molecule has 4 rings (SSSR count). The van der Waals surface area contributed by atoms with E-state index in [0.29, 0.717) is 19.6 Å². The molecule has 0 bridgehead atoms. The Morgan fingerprint density at radius 2 is 1.73 bits per heavy atom. The minimum absolute atomic E-state index is 0.00779. The Balaban J connectivity index is 1.61. The van der Waals surface area contributed by atoms with Crippen LogP contribution in [0, 0.1) is 0 Å². The molecule has 0 saturated carbocycles. The van der Waals surface area contributed by atoms with Crippen molar-refractivity contribution < 1.29 is 4.79 Å². The number of hydrogen-bond acceptors (Lipinski definition) is 2. The van der Waals surface area contributed by atoms with Gasteiger partial charge in [-0.1, -0.05) is 30.3 Å². The summed E-state index contributed by atoms with van der Waals surface area (Å²) in [5, 5.41) is 0. The summed E-state index contributed by atoms with van der Waals surface area (Å²) in [6.45, 7) is 5.54. The van der Waals surface area contributed by atoms with Gasteiger partial charge in [0.1, 0.15) is 0 Å². The maximum Gasteiger partial charge on any atom is 0.326 e. The maximum absolute atomic E-state index is 13.0. The Labute approximate surface area is 151 Å². The number of carbonyl (C=O) groups excluding carboxylic acids is 1. The number of rotatable bonds is 4. The van der Waals surface area contributed by atoms with Gasteiger partial charge in [0, 0.05) is 25.7 Å². The van der Waals surface area contributed by atoms with E-state index in [2.05, 4.69) is 11.1 Å². The van der Waals surface area contributed by atoms with Crippen LogP contribution in [-0.4, -0.2) is 33.1 Å². The molecule has 2 aromatic carbocycles. The Morgan fingerprint density at radius 1 is 1.00 bits per heavy atom. The fourth-order valence-corrected chi connectivity index (χ4v) is 3.63. The molecule has 1 N–H and O–H groups in total. The van der Waals surface area contributed by atoms with Crippen LogP contribution in [0.1, 0.15) is 19.4 Å². The van der Waals surface area contributed by atoms with Crippen LogP contribution >= 0.6 is 0 Å². The van der Waals surface area contributed by atoms with Crippen LogP contribution in [0.15, 0.2) is 53.3 Å². The molecule has 2 heterocycles. The summed E-state index contributed by atoms with van der Waals surface area (Å²) in [5.74, 6) is 0. The minimum Gasteiger partial charge on any atom is -0.318 e. The molecule has 1 aliphatic rings. The average molecular weight is 350 g/mol. The van der Waals surface area contributed by atoms with Crippen LogP contribution in [0.3, 0.4) is 0 Å². The van der Waals surface area contributed by atoms with Gasteiger partial charge in [0.2, 0.25) is 0 Å². The van der Waals surface area contributed by atoms with Gasteiger partial charge in [0.05, 0.1) is 16.7 Å². The van der Waals surface area contributed by atoms with Crippen molar-refractivity contribution in [3.63, 3.8) is 0 Å². The fraction of sp³-hybridized carbons (Fsp3) is 0.300. The van der Waals surface area contributed by atoms with E-state index in [1.807, 2.05) is 66.1 Å². The predicted molar refractivity (Wildman–Crippen MR) is 102 cm³/mol. The van der Waals surface area contributed by atoms with E-state index in [9.17, 15) is 9.59 Å². The van der Waals surface area contributed by atoms with Gasteiger partial charge in [0.25, 0.3) is 0 Å². The molecular weight excluding hydrogens is 328 g/mol. The van der Waals surface area contributed by atoms with E-state index >= 15 is 0 Å². The van der Waals surface area contributed by atoms with Crippen molar-refractivity contribution in [2.24, 2.45) is 0 Å². The first-order chi connectivity index (χ1) is 12.6. The maximum atomic E-state index is 13.0. The normalized spacial score (nSPS) is 14.3. The quantitative estimate of drug-likeness (QED) is 0.785. The summed E-state index contributed by atoms with van der Waals surface area (Å²) in [5.41, 5.74) is 3.65. The second-order valence-corrected chi connectivity index (χ2v) is 6.90. The summed E-state index contributed by atoms with van der Waals surface area (Å²) >= 11 is 0. The smallest absolute Gasteiger partial charge is 0.318 e. The molecule has 0 unspecified atom stereocenters. The number of amides is 2. The Bertz CT molecular complexity index is 1020. The van der Waals surface area contributed by atoms with Crippen molar-refractivity contribution in [2.45, 2.75) is 33.0 Å². The Morgan fingerprint density at radius 3 is 2.54 bits per heavy atom. The van der Waals surface area contributed by atoms with E-state index in [0.717, 1.165) is 22.3 Å². The summed E-state index contributed by atoms with van der Waals surface area (Å²) in [6, 6.07) is 15.7. The van der Waals surface area contributed by atoms with E-state index in [1.54, 1.807) is 4.57 Å². The first-order valence-corrected chi connectivity index (χ1v) is 8.90. The second-order valence-electron chi connectivity index (χ2n) is 6.90. The molecule has 0 spiro atoms. The zero-order valence-electron chi connectivity index (χ0n) is 15.0. The standard InChI is InChI=1S/C20H22N4O2/c1-14(2)24-17-9-5-3-7-15(17)13-22(20(24)26)11-12-23-18-10-6-4-8-16(18)21-19(23)25/h3-10,14H,11-13H2,1-2H3,(H,21,25). The third kappa shape index (κ3) is 2.67. The second kappa shape index (κ2) is 6.37. The molecule has 134 valence electrons. The number of H-pyrrole nitrogens is 1. The molecule has 1 aromatic heterocycles. The number of anilines is 1. The third-order valence-electron chi connectivity index (χ3n) is 4.88. The van der Waals surface area contributed by atoms with E-state index in [4.69, 9.17) is 0 Å². The number of aromatic nitrogens is 2. The molecule has 26 heavy (non-hydrogen) atoms. The van der Waals surface area contributed by atoms with Crippen molar-refractivity contribution >= 4 is 22.8 Å². The Kier molecular flexibility index (Phi) is 4.03. The van der Waals surface area contributed by atoms with Gasteiger partial charge in [-0.05, 0) is 37.6 Å². The monoisotopic (exact) mass is 350 g/mol. The van der Waals surface area contributed by atoms with Crippen LogP contribution in [0.4, 0.5) is 10.5 Å².